The summed E-state index contributed by atoms with van der Waals surface area (Å²) in [7, 11) is 1.78. The minimum Gasteiger partial charge on any atom is -0.457 e. The Hall–Kier alpha value is -2.15. The third kappa shape index (κ3) is 4.48. The number of thiophene rings is 1. The molecule has 3 fully saturated rings. The highest BCUT2D eigenvalue weighted by Gasteiger charge is 2.74. The van der Waals surface area contributed by atoms with E-state index in [9.17, 15) is 24.6 Å². The first-order valence-electron chi connectivity index (χ1n) is 15.4. The second-order valence-corrected chi connectivity index (χ2v) is 14.7. The van der Waals surface area contributed by atoms with Gasteiger partial charge in [0.2, 0.25) is 1.43 Å². The summed E-state index contributed by atoms with van der Waals surface area (Å²) in [5.41, 5.74) is -4.95. The normalized spacial score (nSPS) is 41.8. The Morgan fingerprint density at radius 2 is 1.95 bits per heavy atom. The van der Waals surface area contributed by atoms with E-state index < -0.39 is 81.9 Å². The number of ketones is 1. The molecule has 0 radical (unpaired) electrons. The number of fused-ring (bicyclic) bond motifs is 5. The fourth-order valence-corrected chi connectivity index (χ4v) is 9.77. The van der Waals surface area contributed by atoms with E-state index >= 15 is 0 Å². The largest absolute Gasteiger partial charge is 0.457 e. The quantitative estimate of drug-likeness (QED) is 0.265. The summed E-state index contributed by atoms with van der Waals surface area (Å²) in [4.78, 5) is 42.1. The highest BCUT2D eigenvalue weighted by molar-refractivity contribution is 7.10. The lowest BCUT2D eigenvalue weighted by atomic mass is 9.43. The Kier molecular flexibility index (Phi) is 7.70. The topological polar surface area (TPSA) is 152 Å². The molecule has 5 rings (SSSR count). The Bertz CT molecular complexity index is 1350. The SMILES string of the molecule is [2H]O[C@H]1C[C@H]2OC[C@@]2(O)C2C(C)[C@]3(O)C[C@H](OC(=O)[C@H](C)[C@@H](NC)c4cccs4)C(C)=C([C@@H](OC(C)=O)C(=O)[C@@]21C)C3(C)C. The van der Waals surface area contributed by atoms with Crippen LogP contribution >= 0.6 is 11.3 Å². The van der Waals surface area contributed by atoms with Gasteiger partial charge >= 0.3 is 11.9 Å². The zero-order valence-corrected chi connectivity index (χ0v) is 26.9. The van der Waals surface area contributed by atoms with Gasteiger partial charge in [-0.15, -0.1) is 11.3 Å². The van der Waals surface area contributed by atoms with Gasteiger partial charge in [0.05, 0.1) is 41.8 Å². The minimum absolute atomic E-state index is 0.0141. The summed E-state index contributed by atoms with van der Waals surface area (Å²) in [6.07, 6.45) is -4.03. The molecule has 0 spiro atoms. The van der Waals surface area contributed by atoms with Gasteiger partial charge in [-0.1, -0.05) is 33.8 Å². The van der Waals surface area contributed by atoms with Crippen LogP contribution in [-0.4, -0.2) is 83.7 Å². The average molecular weight is 621 g/mol. The number of hydrogen-bond donors (Lipinski definition) is 4. The van der Waals surface area contributed by atoms with Crippen molar-refractivity contribution in [2.75, 3.05) is 13.7 Å². The predicted molar refractivity (Wildman–Crippen MR) is 158 cm³/mol. The molecule has 0 amide bonds. The predicted octanol–water partition coefficient (Wildman–Crippen LogP) is 2.70. The molecule has 10 nitrogen and oxygen atoms in total. The van der Waals surface area contributed by atoms with Crippen LogP contribution in [-0.2, 0) is 28.6 Å². The Balaban J connectivity index is 1.66. The molecule has 1 aliphatic heterocycles. The number of rotatable bonds is 7. The Labute approximate surface area is 258 Å². The van der Waals surface area contributed by atoms with Gasteiger partial charge in [-0.2, -0.15) is 0 Å². The fraction of sp³-hybridized carbons (Fsp3) is 0.719. The minimum atomic E-state index is -1.66. The van der Waals surface area contributed by atoms with Gasteiger partial charge in [-0.05, 0) is 49.4 Å². The molecule has 11 atom stereocenters. The summed E-state index contributed by atoms with van der Waals surface area (Å²) in [5.74, 6) is -4.01. The van der Waals surface area contributed by atoms with E-state index in [0.717, 1.165) is 4.88 Å². The smallest absolute Gasteiger partial charge is 0.311 e. The number of nitrogens with one attached hydrogen (secondary N) is 1. The highest BCUT2D eigenvalue weighted by Crippen LogP contribution is 2.64. The molecule has 11 heteroatoms. The number of Topliss-reactive ketones (excluding diaryl/α,β-unsaturated/α-hetero) is 1. The molecule has 3 aliphatic carbocycles. The molecule has 43 heavy (non-hydrogen) atoms. The van der Waals surface area contributed by atoms with Crippen molar-refractivity contribution in [2.45, 2.75) is 103 Å². The number of ether oxygens (including phenoxy) is 3. The van der Waals surface area contributed by atoms with Gasteiger partial charge in [-0.3, -0.25) is 14.4 Å². The van der Waals surface area contributed by atoms with Gasteiger partial charge < -0.3 is 34.8 Å². The summed E-state index contributed by atoms with van der Waals surface area (Å²) >= 11 is 1.53. The van der Waals surface area contributed by atoms with Gasteiger partial charge in [-0.25, -0.2) is 0 Å². The molecule has 1 aromatic rings. The molecule has 2 heterocycles. The summed E-state index contributed by atoms with van der Waals surface area (Å²) in [6.45, 7) is 11.7. The van der Waals surface area contributed by atoms with Crippen molar-refractivity contribution in [1.82, 2.24) is 5.32 Å². The van der Waals surface area contributed by atoms with E-state index in [4.69, 9.17) is 20.8 Å². The molecule has 4 aliphatic rings. The van der Waals surface area contributed by atoms with Crippen molar-refractivity contribution in [3.63, 3.8) is 0 Å². The lowest BCUT2D eigenvalue weighted by molar-refractivity contribution is -0.335. The van der Waals surface area contributed by atoms with Crippen molar-refractivity contribution in [2.24, 2.45) is 28.6 Å². The standard InChI is InChI=1S/C32H45NO9S/c1-15-19(42-28(37)16(2)24(33-8)20-10-9-11-43-20)13-32(39)17(3)26-30(7,21(35)12-22-31(26,38)14-40-22)27(36)25(41-18(4)34)23(15)29(32,5)6/h9-11,16-17,19,21-22,24-26,33,35,38-39H,12-14H2,1-8H3/t16-,17?,19+,21+,22-,24-,25-,26?,30-,31+,32-/m1/s1/i35D. The number of carbonyl (C=O) groups excluding carboxylic acids is 3. The highest BCUT2D eigenvalue weighted by atomic mass is 32.1. The van der Waals surface area contributed by atoms with Gasteiger partial charge in [0.1, 0.15) is 11.7 Å². The second-order valence-electron chi connectivity index (χ2n) is 13.8. The van der Waals surface area contributed by atoms with E-state index in [1.807, 2.05) is 17.5 Å². The lowest BCUT2D eigenvalue weighted by Crippen LogP contribution is -2.79. The van der Waals surface area contributed by atoms with Gasteiger partial charge in [0.25, 0.3) is 0 Å². The van der Waals surface area contributed by atoms with Crippen LogP contribution in [0.1, 0.15) is 72.2 Å². The van der Waals surface area contributed by atoms with Crippen molar-refractivity contribution in [3.8, 4) is 0 Å². The maximum absolute atomic E-state index is 14.8. The summed E-state index contributed by atoms with van der Waals surface area (Å²) in [5, 5.41) is 35.3. The van der Waals surface area contributed by atoms with Crippen LogP contribution in [0.3, 0.4) is 0 Å². The Morgan fingerprint density at radius 1 is 1.26 bits per heavy atom. The van der Waals surface area contributed by atoms with Crippen LogP contribution in [0.15, 0.2) is 28.7 Å². The maximum atomic E-state index is 14.8. The number of aliphatic hydroxyl groups excluding tert-OH is 1. The van der Waals surface area contributed by atoms with E-state index in [1.165, 1.54) is 18.3 Å². The molecule has 4 N–H and O–H groups in total. The van der Waals surface area contributed by atoms with Crippen LogP contribution in [0.4, 0.5) is 0 Å². The first kappa shape index (κ1) is 30.9. The van der Waals surface area contributed by atoms with Crippen LogP contribution in [0.2, 0.25) is 0 Å². The number of hydrogen-bond acceptors (Lipinski definition) is 11. The monoisotopic (exact) mass is 620 g/mol. The molecular weight excluding hydrogens is 574 g/mol. The van der Waals surface area contributed by atoms with Crippen molar-refractivity contribution in [3.05, 3.63) is 33.5 Å². The van der Waals surface area contributed by atoms with Crippen molar-refractivity contribution in [1.29, 1.82) is 1.43 Å². The molecule has 2 bridgehead atoms. The van der Waals surface area contributed by atoms with Crippen LogP contribution in [0, 0.1) is 28.6 Å². The summed E-state index contributed by atoms with van der Waals surface area (Å²) < 4.78 is 25.6. The second kappa shape index (κ2) is 10.7. The first-order valence-corrected chi connectivity index (χ1v) is 15.9. The van der Waals surface area contributed by atoms with Crippen LogP contribution in [0.25, 0.3) is 0 Å². The number of carbonyl (C=O) groups is 3. The van der Waals surface area contributed by atoms with E-state index in [0.29, 0.717) is 11.1 Å². The average Bonchev–Trinajstić information content (AvgIpc) is 3.48. The molecule has 2 saturated carbocycles. The van der Waals surface area contributed by atoms with E-state index in [2.05, 4.69) is 5.32 Å². The van der Waals surface area contributed by atoms with Crippen LogP contribution < -0.4 is 5.32 Å². The maximum Gasteiger partial charge on any atom is 0.311 e. The van der Waals surface area contributed by atoms with Gasteiger partial charge in [0, 0.05) is 36.0 Å². The van der Waals surface area contributed by atoms with E-state index in [1.54, 1.807) is 48.6 Å². The molecule has 1 aromatic heterocycles. The number of aliphatic hydroxyl groups is 3. The van der Waals surface area contributed by atoms with E-state index in [-0.39, 0.29) is 25.5 Å². The zero-order chi connectivity index (χ0) is 32.6. The molecule has 1 saturated heterocycles. The molecular formula is C32H45NO9S. The Morgan fingerprint density at radius 3 is 2.49 bits per heavy atom. The summed E-state index contributed by atoms with van der Waals surface area (Å²) in [6, 6.07) is 3.56. The first-order chi connectivity index (χ1) is 20.5. The van der Waals surface area contributed by atoms with Crippen molar-refractivity contribution >= 4 is 29.1 Å². The number of esters is 2. The fourth-order valence-electron chi connectivity index (χ4n) is 8.83. The zero-order valence-electron chi connectivity index (χ0n) is 27.1. The third-order valence-electron chi connectivity index (χ3n) is 11.4. The third-order valence-corrected chi connectivity index (χ3v) is 12.3. The molecule has 238 valence electrons. The molecule has 2 unspecified atom stereocenters. The lowest BCUT2D eigenvalue weighted by Gasteiger charge is -2.67. The molecule has 0 aromatic carbocycles. The van der Waals surface area contributed by atoms with Gasteiger partial charge in [0.15, 0.2) is 11.9 Å². The van der Waals surface area contributed by atoms with Crippen LogP contribution in [0.5, 0.6) is 0 Å². The van der Waals surface area contributed by atoms with Crippen molar-refractivity contribution < 1.29 is 43.9 Å².